The summed E-state index contributed by atoms with van der Waals surface area (Å²) in [5, 5.41) is 9.32. The van der Waals surface area contributed by atoms with Gasteiger partial charge in [0.25, 0.3) is 0 Å². The van der Waals surface area contributed by atoms with Gasteiger partial charge in [-0.15, -0.1) is 0 Å². The third-order valence-corrected chi connectivity index (χ3v) is 2.30. The second-order valence-corrected chi connectivity index (χ2v) is 3.46. The highest BCUT2D eigenvalue weighted by Crippen LogP contribution is 2.13. The van der Waals surface area contributed by atoms with Crippen molar-refractivity contribution in [2.45, 2.75) is 20.0 Å². The maximum absolute atomic E-state index is 9.32. The van der Waals surface area contributed by atoms with Crippen molar-refractivity contribution in [3.63, 3.8) is 0 Å². The minimum absolute atomic E-state index is 0.525. The number of aryl methyl sites for hydroxylation is 1. The molecule has 0 amide bonds. The average molecular weight is 203 g/mol. The Kier molecular flexibility index (Phi) is 2.51. The van der Waals surface area contributed by atoms with Crippen molar-refractivity contribution >= 4 is 0 Å². The maximum atomic E-state index is 9.32. The number of hydrogen-bond acceptors (Lipinski definition) is 3. The van der Waals surface area contributed by atoms with Gasteiger partial charge in [-0.2, -0.15) is 0 Å². The van der Waals surface area contributed by atoms with E-state index in [9.17, 15) is 5.11 Å². The van der Waals surface area contributed by atoms with Crippen LogP contribution in [0.15, 0.2) is 30.7 Å². The molecule has 0 bridgehead atoms. The Bertz CT molecular complexity index is 445. The summed E-state index contributed by atoms with van der Waals surface area (Å²) < 4.78 is 1.94. The molecule has 0 aromatic carbocycles. The van der Waals surface area contributed by atoms with Crippen LogP contribution in [0.3, 0.4) is 0 Å². The van der Waals surface area contributed by atoms with Crippen molar-refractivity contribution in [2.75, 3.05) is 0 Å². The molecule has 0 aliphatic carbocycles. The first-order valence-corrected chi connectivity index (χ1v) is 4.83. The SMILES string of the molecule is Cc1nccn1-c1ccc([C@H](C)O)nc1. The minimum Gasteiger partial charge on any atom is -0.387 e. The summed E-state index contributed by atoms with van der Waals surface area (Å²) in [5.41, 5.74) is 1.63. The molecule has 4 nitrogen and oxygen atoms in total. The molecule has 0 unspecified atom stereocenters. The Morgan fingerprint density at radius 3 is 2.60 bits per heavy atom. The lowest BCUT2D eigenvalue weighted by molar-refractivity contribution is 0.194. The van der Waals surface area contributed by atoms with Gasteiger partial charge in [-0.1, -0.05) is 0 Å². The van der Waals surface area contributed by atoms with Crippen molar-refractivity contribution in [1.29, 1.82) is 0 Å². The van der Waals surface area contributed by atoms with Crippen molar-refractivity contribution in [3.05, 3.63) is 42.2 Å². The standard InChI is InChI=1S/C11H13N3O/c1-8(15)11-4-3-10(7-13-11)14-6-5-12-9(14)2/h3-8,15H,1-2H3/t8-/m0/s1. The van der Waals surface area contributed by atoms with Gasteiger partial charge in [0, 0.05) is 12.4 Å². The molecule has 2 aromatic rings. The van der Waals surface area contributed by atoms with Crippen LogP contribution in [0, 0.1) is 6.92 Å². The van der Waals surface area contributed by atoms with E-state index in [1.807, 2.05) is 29.8 Å². The van der Waals surface area contributed by atoms with E-state index >= 15 is 0 Å². The zero-order valence-corrected chi connectivity index (χ0v) is 8.75. The molecular weight excluding hydrogens is 190 g/mol. The molecular formula is C11H13N3O. The lowest BCUT2D eigenvalue weighted by atomic mass is 10.2. The molecule has 0 aliphatic heterocycles. The van der Waals surface area contributed by atoms with Crippen molar-refractivity contribution in [1.82, 2.24) is 14.5 Å². The summed E-state index contributed by atoms with van der Waals surface area (Å²) in [7, 11) is 0. The number of aliphatic hydroxyl groups excluding tert-OH is 1. The summed E-state index contributed by atoms with van der Waals surface area (Å²) in [6.45, 7) is 3.63. The molecule has 2 aromatic heterocycles. The van der Waals surface area contributed by atoms with Crippen LogP contribution in [0.1, 0.15) is 24.5 Å². The van der Waals surface area contributed by atoms with E-state index in [-0.39, 0.29) is 0 Å². The van der Waals surface area contributed by atoms with Crippen LogP contribution in [-0.2, 0) is 0 Å². The van der Waals surface area contributed by atoms with Gasteiger partial charge in [0.05, 0.1) is 23.7 Å². The molecule has 2 rings (SSSR count). The summed E-state index contributed by atoms with van der Waals surface area (Å²) >= 11 is 0. The second-order valence-electron chi connectivity index (χ2n) is 3.46. The highest BCUT2D eigenvalue weighted by atomic mass is 16.3. The van der Waals surface area contributed by atoms with E-state index in [4.69, 9.17) is 0 Å². The van der Waals surface area contributed by atoms with Gasteiger partial charge in [-0.05, 0) is 26.0 Å². The Morgan fingerprint density at radius 2 is 2.13 bits per heavy atom. The fraction of sp³-hybridized carbons (Fsp3) is 0.273. The number of imidazole rings is 1. The third-order valence-electron chi connectivity index (χ3n) is 2.30. The molecule has 0 fully saturated rings. The maximum Gasteiger partial charge on any atom is 0.110 e. The van der Waals surface area contributed by atoms with Gasteiger partial charge in [0.1, 0.15) is 5.82 Å². The molecule has 0 aliphatic rings. The lowest BCUT2D eigenvalue weighted by Gasteiger charge is -2.07. The predicted octanol–water partition coefficient (Wildman–Crippen LogP) is 1.63. The van der Waals surface area contributed by atoms with Crippen LogP contribution in [0.5, 0.6) is 0 Å². The first kappa shape index (κ1) is 9.86. The van der Waals surface area contributed by atoms with E-state index in [1.165, 1.54) is 0 Å². The van der Waals surface area contributed by atoms with Crippen LogP contribution >= 0.6 is 0 Å². The molecule has 4 heteroatoms. The van der Waals surface area contributed by atoms with Crippen LogP contribution in [0.2, 0.25) is 0 Å². The van der Waals surface area contributed by atoms with Crippen LogP contribution in [0.4, 0.5) is 0 Å². The largest absolute Gasteiger partial charge is 0.387 e. The number of rotatable bonds is 2. The Hall–Kier alpha value is -1.68. The van der Waals surface area contributed by atoms with Crippen LogP contribution in [0.25, 0.3) is 5.69 Å². The smallest absolute Gasteiger partial charge is 0.110 e. The average Bonchev–Trinajstić information content (AvgIpc) is 2.65. The fourth-order valence-electron chi connectivity index (χ4n) is 1.44. The van der Waals surface area contributed by atoms with Gasteiger partial charge in [0.2, 0.25) is 0 Å². The van der Waals surface area contributed by atoms with E-state index in [0.29, 0.717) is 5.69 Å². The van der Waals surface area contributed by atoms with Gasteiger partial charge < -0.3 is 9.67 Å². The normalized spacial score (nSPS) is 12.7. The second kappa shape index (κ2) is 3.82. The number of aromatic nitrogens is 3. The Balaban J connectivity index is 2.36. The molecule has 0 radical (unpaired) electrons. The topological polar surface area (TPSA) is 50.9 Å². The Labute approximate surface area is 88.2 Å². The van der Waals surface area contributed by atoms with Crippen LogP contribution in [-0.4, -0.2) is 19.6 Å². The quantitative estimate of drug-likeness (QED) is 0.807. The zero-order chi connectivity index (χ0) is 10.8. The molecule has 0 saturated carbocycles. The molecule has 0 saturated heterocycles. The first-order chi connectivity index (χ1) is 7.18. The van der Waals surface area contributed by atoms with Crippen molar-refractivity contribution in [3.8, 4) is 5.69 Å². The summed E-state index contributed by atoms with van der Waals surface area (Å²) in [5.74, 6) is 0.918. The zero-order valence-electron chi connectivity index (χ0n) is 8.75. The third kappa shape index (κ3) is 1.89. The van der Waals surface area contributed by atoms with E-state index < -0.39 is 6.10 Å². The van der Waals surface area contributed by atoms with Gasteiger partial charge in [-0.3, -0.25) is 4.98 Å². The Morgan fingerprint density at radius 1 is 1.33 bits per heavy atom. The monoisotopic (exact) mass is 203 g/mol. The molecule has 2 heterocycles. The number of nitrogens with zero attached hydrogens (tertiary/aromatic N) is 3. The highest BCUT2D eigenvalue weighted by molar-refractivity contribution is 5.31. The molecule has 1 N–H and O–H groups in total. The van der Waals surface area contributed by atoms with Gasteiger partial charge in [-0.25, -0.2) is 4.98 Å². The minimum atomic E-state index is -0.525. The van der Waals surface area contributed by atoms with E-state index in [2.05, 4.69) is 9.97 Å². The summed E-state index contributed by atoms with van der Waals surface area (Å²) in [6, 6.07) is 3.74. The predicted molar refractivity (Wildman–Crippen MR) is 56.7 cm³/mol. The number of pyridine rings is 1. The van der Waals surface area contributed by atoms with E-state index in [1.54, 1.807) is 19.3 Å². The van der Waals surface area contributed by atoms with E-state index in [0.717, 1.165) is 11.5 Å². The summed E-state index contributed by atoms with van der Waals surface area (Å²) in [6.07, 6.45) is 4.84. The van der Waals surface area contributed by atoms with Crippen LogP contribution < -0.4 is 0 Å². The molecule has 1 atom stereocenters. The van der Waals surface area contributed by atoms with Gasteiger partial charge in [0.15, 0.2) is 0 Å². The number of aliphatic hydroxyl groups is 1. The molecule has 78 valence electrons. The van der Waals surface area contributed by atoms with Crippen molar-refractivity contribution < 1.29 is 5.11 Å². The molecule has 0 spiro atoms. The highest BCUT2D eigenvalue weighted by Gasteiger charge is 2.04. The van der Waals surface area contributed by atoms with Gasteiger partial charge >= 0.3 is 0 Å². The summed E-state index contributed by atoms with van der Waals surface area (Å²) in [4.78, 5) is 8.31. The first-order valence-electron chi connectivity index (χ1n) is 4.83. The lowest BCUT2D eigenvalue weighted by Crippen LogP contribution is -1.99. The fourth-order valence-corrected chi connectivity index (χ4v) is 1.44. The van der Waals surface area contributed by atoms with Crippen molar-refractivity contribution in [2.24, 2.45) is 0 Å². The molecule has 15 heavy (non-hydrogen) atoms. The number of hydrogen-bond donors (Lipinski definition) is 1.